The van der Waals surface area contributed by atoms with Crippen LogP contribution in [-0.4, -0.2) is 37.3 Å². The van der Waals surface area contributed by atoms with Gasteiger partial charge < -0.3 is 10.1 Å². The molecule has 0 bridgehead atoms. The van der Waals surface area contributed by atoms with Crippen LogP contribution >= 0.6 is 11.8 Å². The summed E-state index contributed by atoms with van der Waals surface area (Å²) in [6, 6.07) is 1.27. The van der Waals surface area contributed by atoms with E-state index in [1.165, 1.54) is 24.3 Å². The van der Waals surface area contributed by atoms with Crippen LogP contribution in [0.2, 0.25) is 0 Å². The van der Waals surface area contributed by atoms with E-state index in [1.54, 1.807) is 7.11 Å². The predicted molar refractivity (Wildman–Crippen MR) is 59.4 cm³/mol. The molecule has 0 aromatic heterocycles. The van der Waals surface area contributed by atoms with E-state index in [0.717, 1.165) is 19.1 Å². The lowest BCUT2D eigenvalue weighted by atomic mass is 10.1. The van der Waals surface area contributed by atoms with Gasteiger partial charge in [-0.25, -0.2) is 0 Å². The summed E-state index contributed by atoms with van der Waals surface area (Å²) < 4.78 is 5.17. The molecule has 1 N–H and O–H groups in total. The predicted octanol–water partition coefficient (Wildman–Crippen LogP) is 1.90. The van der Waals surface area contributed by atoms with Gasteiger partial charge in [0.25, 0.3) is 0 Å². The van der Waals surface area contributed by atoms with Crippen LogP contribution in [0.25, 0.3) is 0 Å². The molecule has 0 aliphatic carbocycles. The Morgan fingerprint density at radius 2 is 2.46 bits per heavy atom. The first-order chi connectivity index (χ1) is 6.36. The van der Waals surface area contributed by atoms with Crippen LogP contribution in [-0.2, 0) is 4.74 Å². The van der Waals surface area contributed by atoms with Crippen LogP contribution in [0.15, 0.2) is 0 Å². The fourth-order valence-electron chi connectivity index (χ4n) is 1.69. The molecule has 0 spiro atoms. The Morgan fingerprint density at radius 3 is 3.00 bits per heavy atom. The monoisotopic (exact) mass is 203 g/mol. The second-order valence-electron chi connectivity index (χ2n) is 3.64. The molecular weight excluding hydrogens is 182 g/mol. The van der Waals surface area contributed by atoms with E-state index in [9.17, 15) is 0 Å². The van der Waals surface area contributed by atoms with Crippen molar-refractivity contribution in [3.05, 3.63) is 0 Å². The highest BCUT2D eigenvalue weighted by molar-refractivity contribution is 7.99. The Labute approximate surface area is 85.8 Å². The minimum Gasteiger partial charge on any atom is -0.383 e. The molecule has 78 valence electrons. The molecule has 1 fully saturated rings. The van der Waals surface area contributed by atoms with Crippen LogP contribution in [0, 0.1) is 0 Å². The van der Waals surface area contributed by atoms with E-state index in [4.69, 9.17) is 4.74 Å². The average molecular weight is 203 g/mol. The maximum Gasteiger partial charge on any atom is 0.0615 e. The van der Waals surface area contributed by atoms with E-state index in [1.807, 2.05) is 0 Å². The highest BCUT2D eigenvalue weighted by Crippen LogP contribution is 2.17. The second-order valence-corrected chi connectivity index (χ2v) is 4.79. The standard InChI is InChI=1S/C10H21NOS/c1-3-9(7-12-2)11-10-5-4-6-13-8-10/h9-11H,3-8H2,1-2H3/t9-,10-/m0/s1. The molecular formula is C10H21NOS. The molecule has 2 atom stereocenters. The van der Waals surface area contributed by atoms with Gasteiger partial charge in [0.2, 0.25) is 0 Å². The summed E-state index contributed by atoms with van der Waals surface area (Å²) in [5.41, 5.74) is 0. The van der Waals surface area contributed by atoms with Gasteiger partial charge in [-0.15, -0.1) is 0 Å². The molecule has 0 radical (unpaired) electrons. The van der Waals surface area contributed by atoms with E-state index < -0.39 is 0 Å². The van der Waals surface area contributed by atoms with E-state index >= 15 is 0 Å². The Kier molecular flexibility index (Phi) is 5.83. The van der Waals surface area contributed by atoms with Gasteiger partial charge in [-0.3, -0.25) is 0 Å². The van der Waals surface area contributed by atoms with Gasteiger partial charge in [0.05, 0.1) is 6.61 Å². The van der Waals surface area contributed by atoms with Gasteiger partial charge in [-0.1, -0.05) is 6.92 Å². The van der Waals surface area contributed by atoms with E-state index in [-0.39, 0.29) is 0 Å². The first-order valence-corrected chi connectivity index (χ1v) is 6.35. The summed E-state index contributed by atoms with van der Waals surface area (Å²) in [7, 11) is 1.78. The SMILES string of the molecule is CC[C@@H](COC)N[C@H]1CCCSC1. The van der Waals surface area contributed by atoms with Gasteiger partial charge in [-0.05, 0) is 25.0 Å². The van der Waals surface area contributed by atoms with E-state index in [2.05, 4.69) is 24.0 Å². The van der Waals surface area contributed by atoms with Gasteiger partial charge in [-0.2, -0.15) is 11.8 Å². The van der Waals surface area contributed by atoms with Crippen LogP contribution in [0.1, 0.15) is 26.2 Å². The summed E-state index contributed by atoms with van der Waals surface area (Å²) in [6.45, 7) is 3.06. The lowest BCUT2D eigenvalue weighted by Crippen LogP contribution is -2.43. The molecule has 1 heterocycles. The quantitative estimate of drug-likeness (QED) is 0.737. The van der Waals surface area contributed by atoms with Crippen molar-refractivity contribution >= 4 is 11.8 Å². The number of hydrogen-bond donors (Lipinski definition) is 1. The number of methoxy groups -OCH3 is 1. The van der Waals surface area contributed by atoms with Gasteiger partial charge >= 0.3 is 0 Å². The van der Waals surface area contributed by atoms with Crippen molar-refractivity contribution in [3.8, 4) is 0 Å². The molecule has 1 saturated heterocycles. The number of nitrogens with one attached hydrogen (secondary N) is 1. The molecule has 0 aromatic rings. The second kappa shape index (κ2) is 6.68. The third-order valence-corrected chi connectivity index (χ3v) is 3.71. The van der Waals surface area contributed by atoms with Crippen LogP contribution in [0.4, 0.5) is 0 Å². The van der Waals surface area contributed by atoms with Crippen molar-refractivity contribution in [3.63, 3.8) is 0 Å². The maximum absolute atomic E-state index is 5.17. The molecule has 2 nitrogen and oxygen atoms in total. The smallest absolute Gasteiger partial charge is 0.0615 e. The Bertz CT molecular complexity index is 123. The normalized spacial score (nSPS) is 25.8. The van der Waals surface area contributed by atoms with Crippen LogP contribution < -0.4 is 5.32 Å². The first-order valence-electron chi connectivity index (χ1n) is 5.19. The van der Waals surface area contributed by atoms with Gasteiger partial charge in [0.1, 0.15) is 0 Å². The Hall–Kier alpha value is 0.270. The minimum absolute atomic E-state index is 0.550. The lowest BCUT2D eigenvalue weighted by Gasteiger charge is -2.27. The molecule has 0 amide bonds. The van der Waals surface area contributed by atoms with Crippen LogP contribution in [0.5, 0.6) is 0 Å². The fraction of sp³-hybridized carbons (Fsp3) is 1.00. The van der Waals surface area contributed by atoms with Gasteiger partial charge in [0.15, 0.2) is 0 Å². The van der Waals surface area contributed by atoms with Gasteiger partial charge in [0, 0.05) is 24.9 Å². The molecule has 13 heavy (non-hydrogen) atoms. The number of hydrogen-bond acceptors (Lipinski definition) is 3. The Morgan fingerprint density at radius 1 is 1.62 bits per heavy atom. The number of ether oxygens (including phenoxy) is 1. The molecule has 0 saturated carbocycles. The minimum atomic E-state index is 0.550. The molecule has 1 rings (SSSR count). The zero-order chi connectivity index (χ0) is 9.52. The zero-order valence-corrected chi connectivity index (χ0v) is 9.53. The fourth-order valence-corrected chi connectivity index (χ4v) is 2.78. The number of thioether (sulfide) groups is 1. The van der Waals surface area contributed by atoms with Crippen molar-refractivity contribution in [1.82, 2.24) is 5.32 Å². The lowest BCUT2D eigenvalue weighted by molar-refractivity contribution is 0.158. The van der Waals surface area contributed by atoms with Crippen molar-refractivity contribution in [1.29, 1.82) is 0 Å². The highest BCUT2D eigenvalue weighted by atomic mass is 32.2. The molecule has 1 aliphatic heterocycles. The maximum atomic E-state index is 5.17. The van der Waals surface area contributed by atoms with Crippen molar-refractivity contribution in [2.45, 2.75) is 38.3 Å². The third kappa shape index (κ3) is 4.34. The number of rotatable bonds is 5. The largest absolute Gasteiger partial charge is 0.383 e. The zero-order valence-electron chi connectivity index (χ0n) is 8.71. The van der Waals surface area contributed by atoms with Crippen LogP contribution in [0.3, 0.4) is 0 Å². The van der Waals surface area contributed by atoms with Crippen molar-refractivity contribution in [2.24, 2.45) is 0 Å². The summed E-state index contributed by atoms with van der Waals surface area (Å²) in [4.78, 5) is 0. The third-order valence-electron chi connectivity index (χ3n) is 2.49. The summed E-state index contributed by atoms with van der Waals surface area (Å²) in [6.07, 6.45) is 3.87. The topological polar surface area (TPSA) is 21.3 Å². The molecule has 0 aromatic carbocycles. The van der Waals surface area contributed by atoms with Crippen molar-refractivity contribution in [2.75, 3.05) is 25.2 Å². The van der Waals surface area contributed by atoms with Crippen molar-refractivity contribution < 1.29 is 4.74 Å². The Balaban J connectivity index is 2.18. The first kappa shape index (κ1) is 11.3. The summed E-state index contributed by atoms with van der Waals surface area (Å²) in [5, 5.41) is 3.66. The molecule has 1 aliphatic rings. The average Bonchev–Trinajstić information content (AvgIpc) is 2.19. The highest BCUT2D eigenvalue weighted by Gasteiger charge is 2.16. The summed E-state index contributed by atoms with van der Waals surface area (Å²) >= 11 is 2.07. The molecule has 0 unspecified atom stereocenters. The molecule has 3 heteroatoms. The van der Waals surface area contributed by atoms with E-state index in [0.29, 0.717) is 6.04 Å². The summed E-state index contributed by atoms with van der Waals surface area (Å²) in [5.74, 6) is 2.62.